The molecule has 5 heterocycles. The summed E-state index contributed by atoms with van der Waals surface area (Å²) in [5.41, 5.74) is 3.32. The van der Waals surface area contributed by atoms with Crippen molar-refractivity contribution in [2.45, 2.75) is 19.0 Å². The number of fused-ring (bicyclic) bond motifs is 1. The molecule has 0 spiro atoms. The Morgan fingerprint density at radius 1 is 1.00 bits per heavy atom. The van der Waals surface area contributed by atoms with Crippen molar-refractivity contribution in [3.8, 4) is 0 Å². The van der Waals surface area contributed by atoms with Crippen molar-refractivity contribution in [3.63, 3.8) is 0 Å². The van der Waals surface area contributed by atoms with Gasteiger partial charge in [0.1, 0.15) is 0 Å². The number of likely N-dealkylation sites (N-methyl/N-ethyl adjacent to an activating group) is 1. The van der Waals surface area contributed by atoms with E-state index in [1.165, 1.54) is 0 Å². The average Bonchev–Trinajstić information content (AvgIpc) is 3.29. The van der Waals surface area contributed by atoms with E-state index in [1.807, 2.05) is 53.2 Å². The summed E-state index contributed by atoms with van der Waals surface area (Å²) in [5, 5.41) is 11.8. The maximum absolute atomic E-state index is 12.8. The first-order chi connectivity index (χ1) is 16.7. The molecule has 4 aromatic rings. The Kier molecular flexibility index (Phi) is 6.55. The molecule has 9 heteroatoms. The van der Waals surface area contributed by atoms with Crippen LogP contribution in [0.1, 0.15) is 33.6 Å². The van der Waals surface area contributed by atoms with Gasteiger partial charge in [0.2, 0.25) is 0 Å². The largest absolute Gasteiger partial charge is 0.352 e. The number of hydrogen-bond donors (Lipinski definition) is 1. The molecule has 34 heavy (non-hydrogen) atoms. The quantitative estimate of drug-likeness (QED) is 0.455. The van der Waals surface area contributed by atoms with E-state index < -0.39 is 0 Å². The lowest BCUT2D eigenvalue weighted by Gasteiger charge is -2.38. The average molecular weight is 457 g/mol. The predicted molar refractivity (Wildman–Crippen MR) is 128 cm³/mol. The first-order valence-corrected chi connectivity index (χ1v) is 11.5. The van der Waals surface area contributed by atoms with E-state index in [2.05, 4.69) is 48.4 Å². The SMILES string of the molecule is CN1CCN(Cc2ccccn2)CC1c1nnc2ccc(C(=O)NCCc3ccccn3)cn12. The van der Waals surface area contributed by atoms with Gasteiger partial charge < -0.3 is 5.32 Å². The van der Waals surface area contributed by atoms with Crippen LogP contribution in [0.4, 0.5) is 0 Å². The van der Waals surface area contributed by atoms with Crippen LogP contribution in [0, 0.1) is 0 Å². The number of rotatable bonds is 7. The van der Waals surface area contributed by atoms with Crippen LogP contribution in [0.25, 0.3) is 5.65 Å². The number of carbonyl (C=O) groups is 1. The molecule has 4 aromatic heterocycles. The molecule has 1 saturated heterocycles. The van der Waals surface area contributed by atoms with E-state index in [0.717, 1.165) is 49.0 Å². The van der Waals surface area contributed by atoms with Crippen LogP contribution in [0.2, 0.25) is 0 Å². The third kappa shape index (κ3) is 4.95. The van der Waals surface area contributed by atoms with Gasteiger partial charge in [-0.15, -0.1) is 10.2 Å². The fourth-order valence-corrected chi connectivity index (χ4v) is 4.30. The van der Waals surface area contributed by atoms with Crippen molar-refractivity contribution in [2.75, 3.05) is 33.2 Å². The Morgan fingerprint density at radius 2 is 1.79 bits per heavy atom. The Bertz CT molecular complexity index is 1240. The minimum Gasteiger partial charge on any atom is -0.352 e. The van der Waals surface area contributed by atoms with Gasteiger partial charge in [0.25, 0.3) is 5.91 Å². The number of pyridine rings is 3. The summed E-state index contributed by atoms with van der Waals surface area (Å²) in [6.45, 7) is 4.02. The number of hydrogen-bond acceptors (Lipinski definition) is 7. The van der Waals surface area contributed by atoms with Gasteiger partial charge in [-0.3, -0.25) is 29.0 Å². The van der Waals surface area contributed by atoms with Crippen LogP contribution in [0.15, 0.2) is 67.1 Å². The van der Waals surface area contributed by atoms with Gasteiger partial charge in [-0.1, -0.05) is 12.1 Å². The zero-order valence-corrected chi connectivity index (χ0v) is 19.2. The van der Waals surface area contributed by atoms with E-state index in [9.17, 15) is 4.79 Å². The zero-order valence-electron chi connectivity index (χ0n) is 19.2. The molecule has 1 aliphatic rings. The van der Waals surface area contributed by atoms with Crippen molar-refractivity contribution in [1.82, 2.24) is 39.7 Å². The third-order valence-electron chi connectivity index (χ3n) is 6.23. The Labute approximate surface area is 198 Å². The molecule has 1 unspecified atom stereocenters. The topological polar surface area (TPSA) is 91.5 Å². The highest BCUT2D eigenvalue weighted by atomic mass is 16.1. The van der Waals surface area contributed by atoms with Crippen LogP contribution >= 0.6 is 0 Å². The van der Waals surface area contributed by atoms with Crippen molar-refractivity contribution < 1.29 is 4.79 Å². The highest BCUT2D eigenvalue weighted by Gasteiger charge is 2.29. The molecule has 9 nitrogen and oxygen atoms in total. The van der Waals surface area contributed by atoms with Crippen molar-refractivity contribution >= 4 is 11.6 Å². The van der Waals surface area contributed by atoms with E-state index in [4.69, 9.17) is 0 Å². The summed E-state index contributed by atoms with van der Waals surface area (Å²) >= 11 is 0. The van der Waals surface area contributed by atoms with Gasteiger partial charge in [-0.2, -0.15) is 0 Å². The molecule has 1 aliphatic heterocycles. The lowest BCUT2D eigenvalue weighted by Crippen LogP contribution is -2.46. The van der Waals surface area contributed by atoms with Crippen molar-refractivity contribution in [2.24, 2.45) is 0 Å². The normalized spacial score (nSPS) is 17.1. The lowest BCUT2D eigenvalue weighted by molar-refractivity contribution is 0.0844. The van der Waals surface area contributed by atoms with E-state index in [1.54, 1.807) is 12.3 Å². The zero-order chi connectivity index (χ0) is 23.3. The summed E-state index contributed by atoms with van der Waals surface area (Å²) in [5.74, 6) is 0.720. The van der Waals surface area contributed by atoms with Gasteiger partial charge in [0, 0.05) is 63.4 Å². The Balaban J connectivity index is 1.30. The number of piperazine rings is 1. The molecule has 0 aromatic carbocycles. The highest BCUT2D eigenvalue weighted by Crippen LogP contribution is 2.24. The monoisotopic (exact) mass is 456 g/mol. The van der Waals surface area contributed by atoms with Gasteiger partial charge >= 0.3 is 0 Å². The third-order valence-corrected chi connectivity index (χ3v) is 6.23. The van der Waals surface area contributed by atoms with Crippen molar-refractivity contribution in [3.05, 3.63) is 89.9 Å². The molecular weight excluding hydrogens is 428 g/mol. The van der Waals surface area contributed by atoms with Gasteiger partial charge in [0.05, 0.1) is 17.3 Å². The molecule has 1 N–H and O–H groups in total. The van der Waals surface area contributed by atoms with Crippen molar-refractivity contribution in [1.29, 1.82) is 0 Å². The fourth-order valence-electron chi connectivity index (χ4n) is 4.30. The summed E-state index contributed by atoms with van der Waals surface area (Å²) in [6.07, 6.45) is 6.12. The minimum absolute atomic E-state index is 0.0647. The number of nitrogens with one attached hydrogen (secondary N) is 1. The second-order valence-electron chi connectivity index (χ2n) is 8.58. The van der Waals surface area contributed by atoms with Crippen LogP contribution in [0.3, 0.4) is 0 Å². The van der Waals surface area contributed by atoms with E-state index in [-0.39, 0.29) is 11.9 Å². The summed E-state index contributed by atoms with van der Waals surface area (Å²) in [6, 6.07) is 15.5. The van der Waals surface area contributed by atoms with E-state index in [0.29, 0.717) is 18.5 Å². The predicted octanol–water partition coefficient (Wildman–Crippen LogP) is 1.98. The molecule has 0 saturated carbocycles. The first-order valence-electron chi connectivity index (χ1n) is 11.5. The molecule has 5 rings (SSSR count). The van der Waals surface area contributed by atoms with E-state index >= 15 is 0 Å². The standard InChI is InChI=1S/C25H28N8O/c1-31-14-15-32(17-21-7-3-5-12-27-21)18-22(31)24-30-29-23-9-8-19(16-33(23)24)25(34)28-13-10-20-6-2-4-11-26-20/h2-9,11-12,16,22H,10,13-15,17-18H2,1H3,(H,28,34). The Hall–Kier alpha value is -3.69. The summed E-state index contributed by atoms with van der Waals surface area (Å²) in [4.78, 5) is 26.3. The molecule has 174 valence electrons. The van der Waals surface area contributed by atoms with Crippen LogP contribution in [-0.4, -0.2) is 73.5 Å². The lowest BCUT2D eigenvalue weighted by atomic mass is 10.1. The number of aromatic nitrogens is 5. The second-order valence-corrected chi connectivity index (χ2v) is 8.58. The number of nitrogens with zero attached hydrogens (tertiary/aromatic N) is 7. The second kappa shape index (κ2) is 10.1. The van der Waals surface area contributed by atoms with Crippen LogP contribution in [-0.2, 0) is 13.0 Å². The van der Waals surface area contributed by atoms with Gasteiger partial charge in [-0.25, -0.2) is 0 Å². The van der Waals surface area contributed by atoms with Gasteiger partial charge in [-0.05, 0) is 43.4 Å². The molecule has 1 amide bonds. The Morgan fingerprint density at radius 3 is 2.56 bits per heavy atom. The summed E-state index contributed by atoms with van der Waals surface area (Å²) in [7, 11) is 2.11. The maximum Gasteiger partial charge on any atom is 0.252 e. The van der Waals surface area contributed by atoms with Gasteiger partial charge in [0.15, 0.2) is 11.5 Å². The molecule has 1 atom stereocenters. The smallest absolute Gasteiger partial charge is 0.252 e. The molecule has 1 fully saturated rings. The maximum atomic E-state index is 12.8. The van der Waals surface area contributed by atoms with Crippen LogP contribution < -0.4 is 5.32 Å². The molecule has 0 radical (unpaired) electrons. The van der Waals surface area contributed by atoms with Crippen LogP contribution in [0.5, 0.6) is 0 Å². The molecule has 0 bridgehead atoms. The molecule has 0 aliphatic carbocycles. The summed E-state index contributed by atoms with van der Waals surface area (Å²) < 4.78 is 1.94. The minimum atomic E-state index is -0.119. The number of carbonyl (C=O) groups excluding carboxylic acids is 1. The highest BCUT2D eigenvalue weighted by molar-refractivity contribution is 5.94. The molecular formula is C25H28N8O. The fraction of sp³-hybridized carbons (Fsp3) is 0.320. The first kappa shape index (κ1) is 22.1. The number of amides is 1.